The Labute approximate surface area is 172 Å². The van der Waals surface area contributed by atoms with Crippen molar-refractivity contribution in [2.24, 2.45) is 5.92 Å². The third kappa shape index (κ3) is 6.43. The van der Waals surface area contributed by atoms with Crippen LogP contribution in [-0.4, -0.2) is 29.6 Å². The van der Waals surface area contributed by atoms with Gasteiger partial charge in [-0.1, -0.05) is 26.0 Å². The molecule has 1 aromatic heterocycles. The molecule has 0 aliphatic carbocycles. The van der Waals surface area contributed by atoms with E-state index in [9.17, 15) is 14.4 Å². The summed E-state index contributed by atoms with van der Waals surface area (Å²) >= 11 is 1.10. The number of aromatic nitrogens is 1. The summed E-state index contributed by atoms with van der Waals surface area (Å²) in [6.07, 6.45) is 2.89. The maximum atomic E-state index is 12.9. The Morgan fingerprint density at radius 1 is 1.31 bits per heavy atom. The third-order valence-corrected chi connectivity index (χ3v) is 4.87. The van der Waals surface area contributed by atoms with Crippen molar-refractivity contribution in [1.82, 2.24) is 9.88 Å². The molecule has 1 N–H and O–H groups in total. The maximum Gasteiger partial charge on any atom is 0.333 e. The molecule has 0 unspecified atom stereocenters. The summed E-state index contributed by atoms with van der Waals surface area (Å²) in [7, 11) is 0. The van der Waals surface area contributed by atoms with E-state index in [1.807, 2.05) is 19.9 Å². The predicted molar refractivity (Wildman–Crippen MR) is 111 cm³/mol. The number of nitrogens with zero attached hydrogens (tertiary/aromatic N) is 2. The fraction of sp³-hybridized carbons (Fsp3) is 0.333. The maximum absolute atomic E-state index is 12.9. The first-order valence-corrected chi connectivity index (χ1v) is 10.0. The van der Waals surface area contributed by atoms with E-state index in [-0.39, 0.29) is 30.5 Å². The van der Waals surface area contributed by atoms with Crippen LogP contribution in [0.1, 0.15) is 31.9 Å². The standard InChI is InChI=1S/C21H23N3O4S/c1-4-28-20(26)10-19-24(13-18(25)23-12-14(2)3)21(27)17(29-19)9-15-5-7-16(11-22)8-6-15/h5-10,14H,4,12-13H2,1-3H3,(H,23,25)/b17-9-,19-10-. The zero-order valence-electron chi connectivity index (χ0n) is 16.6. The zero-order valence-corrected chi connectivity index (χ0v) is 17.4. The van der Waals surface area contributed by atoms with Gasteiger partial charge in [-0.2, -0.15) is 5.26 Å². The minimum atomic E-state index is -0.574. The lowest BCUT2D eigenvalue weighted by molar-refractivity contribution is -0.135. The van der Waals surface area contributed by atoms with Gasteiger partial charge in [-0.15, -0.1) is 11.3 Å². The van der Waals surface area contributed by atoms with Crippen molar-refractivity contribution in [2.45, 2.75) is 27.3 Å². The number of carbonyl (C=O) groups is 2. The molecule has 0 aliphatic heterocycles. The molecule has 0 fully saturated rings. The van der Waals surface area contributed by atoms with Crippen LogP contribution in [0, 0.1) is 17.2 Å². The lowest BCUT2D eigenvalue weighted by Crippen LogP contribution is -2.39. The molecule has 1 amide bonds. The molecule has 7 nitrogen and oxygen atoms in total. The monoisotopic (exact) mass is 413 g/mol. The molecule has 1 aromatic carbocycles. The van der Waals surface area contributed by atoms with Crippen LogP contribution in [0.5, 0.6) is 0 Å². The van der Waals surface area contributed by atoms with E-state index in [0.29, 0.717) is 21.3 Å². The summed E-state index contributed by atoms with van der Waals surface area (Å²) in [6, 6.07) is 8.81. The molecular formula is C21H23N3O4S. The van der Waals surface area contributed by atoms with Crippen molar-refractivity contribution >= 4 is 35.4 Å². The molecule has 1 heterocycles. The van der Waals surface area contributed by atoms with Gasteiger partial charge in [-0.05, 0) is 36.6 Å². The molecule has 2 aromatic rings. The SMILES string of the molecule is CCOC(=O)/C=c1\s/c(=C\c2ccc(C#N)cc2)c(=O)n1CC(=O)NCC(C)C. The van der Waals surface area contributed by atoms with Crippen molar-refractivity contribution in [3.8, 4) is 6.07 Å². The van der Waals surface area contributed by atoms with Crippen molar-refractivity contribution in [3.05, 3.63) is 54.9 Å². The summed E-state index contributed by atoms with van der Waals surface area (Å²) in [5, 5.41) is 11.7. The second-order valence-corrected chi connectivity index (χ2v) is 7.73. The Morgan fingerprint density at radius 2 is 2.00 bits per heavy atom. The molecule has 0 atom stereocenters. The Kier molecular flexibility index (Phi) is 7.92. The Bertz CT molecular complexity index is 1090. The van der Waals surface area contributed by atoms with Gasteiger partial charge in [0.1, 0.15) is 11.2 Å². The van der Waals surface area contributed by atoms with Crippen LogP contribution in [0.15, 0.2) is 29.1 Å². The quantitative estimate of drug-likeness (QED) is 0.674. The third-order valence-electron chi connectivity index (χ3n) is 3.81. The molecule has 0 aliphatic rings. The average molecular weight is 413 g/mol. The Morgan fingerprint density at radius 3 is 2.59 bits per heavy atom. The summed E-state index contributed by atoms with van der Waals surface area (Å²) in [5.74, 6) is -0.596. The number of rotatable bonds is 7. The number of nitrogens with one attached hydrogen (secondary N) is 1. The highest BCUT2D eigenvalue weighted by Crippen LogP contribution is 2.03. The highest BCUT2D eigenvalue weighted by Gasteiger charge is 2.11. The van der Waals surface area contributed by atoms with Gasteiger partial charge >= 0.3 is 5.97 Å². The molecule has 0 bridgehead atoms. The van der Waals surface area contributed by atoms with E-state index in [1.54, 1.807) is 37.3 Å². The van der Waals surface area contributed by atoms with Crippen LogP contribution in [-0.2, 0) is 20.9 Å². The van der Waals surface area contributed by atoms with E-state index < -0.39 is 5.97 Å². The van der Waals surface area contributed by atoms with Gasteiger partial charge in [-0.3, -0.25) is 14.2 Å². The van der Waals surface area contributed by atoms with Crippen LogP contribution >= 0.6 is 11.3 Å². The highest BCUT2D eigenvalue weighted by atomic mass is 32.1. The molecular weight excluding hydrogens is 390 g/mol. The summed E-state index contributed by atoms with van der Waals surface area (Å²) in [4.78, 5) is 37.0. The van der Waals surface area contributed by atoms with Crippen molar-refractivity contribution < 1.29 is 14.3 Å². The van der Waals surface area contributed by atoms with Gasteiger partial charge in [0.2, 0.25) is 5.91 Å². The van der Waals surface area contributed by atoms with E-state index in [1.165, 1.54) is 10.6 Å². The smallest absolute Gasteiger partial charge is 0.333 e. The van der Waals surface area contributed by atoms with Gasteiger partial charge in [0.25, 0.3) is 5.56 Å². The van der Waals surface area contributed by atoms with Crippen LogP contribution in [0.25, 0.3) is 12.2 Å². The fourth-order valence-corrected chi connectivity index (χ4v) is 3.43. The van der Waals surface area contributed by atoms with Crippen LogP contribution in [0.3, 0.4) is 0 Å². The number of carbonyl (C=O) groups excluding carboxylic acids is 2. The number of hydrogen-bond donors (Lipinski definition) is 1. The van der Waals surface area contributed by atoms with Crippen LogP contribution in [0.2, 0.25) is 0 Å². The van der Waals surface area contributed by atoms with Gasteiger partial charge in [-0.25, -0.2) is 4.79 Å². The molecule has 0 spiro atoms. The number of ether oxygens (including phenoxy) is 1. The van der Waals surface area contributed by atoms with Crippen LogP contribution < -0.4 is 20.1 Å². The van der Waals surface area contributed by atoms with E-state index in [4.69, 9.17) is 10.00 Å². The van der Waals surface area contributed by atoms with Crippen molar-refractivity contribution in [1.29, 1.82) is 5.26 Å². The fourth-order valence-electron chi connectivity index (χ4n) is 2.40. The molecule has 0 saturated carbocycles. The van der Waals surface area contributed by atoms with Crippen molar-refractivity contribution in [3.63, 3.8) is 0 Å². The van der Waals surface area contributed by atoms with E-state index in [0.717, 1.165) is 16.9 Å². The Balaban J connectivity index is 2.48. The van der Waals surface area contributed by atoms with Crippen molar-refractivity contribution in [2.75, 3.05) is 13.2 Å². The van der Waals surface area contributed by atoms with Crippen LogP contribution in [0.4, 0.5) is 0 Å². The number of esters is 1. The largest absolute Gasteiger partial charge is 0.463 e. The zero-order chi connectivity index (χ0) is 21.4. The topological polar surface area (TPSA) is 101 Å². The van der Waals surface area contributed by atoms with Gasteiger partial charge < -0.3 is 10.1 Å². The molecule has 152 valence electrons. The highest BCUT2D eigenvalue weighted by molar-refractivity contribution is 7.07. The lowest BCUT2D eigenvalue weighted by atomic mass is 10.1. The lowest BCUT2D eigenvalue weighted by Gasteiger charge is -2.07. The van der Waals surface area contributed by atoms with Gasteiger partial charge in [0, 0.05) is 6.54 Å². The van der Waals surface area contributed by atoms with Gasteiger partial charge in [0.15, 0.2) is 0 Å². The summed E-state index contributed by atoms with van der Waals surface area (Å²) < 4.78 is 6.92. The second-order valence-electron chi connectivity index (χ2n) is 6.67. The molecule has 2 rings (SSSR count). The first-order valence-electron chi connectivity index (χ1n) is 9.20. The molecule has 8 heteroatoms. The van der Waals surface area contributed by atoms with E-state index >= 15 is 0 Å². The summed E-state index contributed by atoms with van der Waals surface area (Å²) in [6.45, 7) is 6.16. The molecule has 29 heavy (non-hydrogen) atoms. The number of thiazole rings is 1. The molecule has 0 saturated heterocycles. The minimum absolute atomic E-state index is 0.186. The minimum Gasteiger partial charge on any atom is -0.463 e. The first kappa shape index (κ1) is 22.1. The summed E-state index contributed by atoms with van der Waals surface area (Å²) in [5.41, 5.74) is 0.889. The average Bonchev–Trinajstić information content (AvgIpc) is 2.96. The first-order chi connectivity index (χ1) is 13.8. The van der Waals surface area contributed by atoms with E-state index in [2.05, 4.69) is 5.32 Å². The molecule has 0 radical (unpaired) electrons. The number of hydrogen-bond acceptors (Lipinski definition) is 6. The number of amides is 1. The number of nitriles is 1. The normalized spacial score (nSPS) is 12.1. The van der Waals surface area contributed by atoms with Gasteiger partial charge in [0.05, 0.1) is 28.8 Å². The second kappa shape index (κ2) is 10.4. The number of benzene rings is 1. The Hall–Kier alpha value is -3.18. The predicted octanol–water partition coefficient (Wildman–Crippen LogP) is 0.726.